The van der Waals surface area contributed by atoms with Gasteiger partial charge in [0.25, 0.3) is 0 Å². The number of nitrogens with one attached hydrogen (secondary N) is 1. The highest BCUT2D eigenvalue weighted by Crippen LogP contribution is 2.22. The van der Waals surface area contributed by atoms with Crippen molar-refractivity contribution in [1.82, 2.24) is 19.9 Å². The maximum atomic E-state index is 4.62. The number of hydrogen-bond acceptors (Lipinski definition) is 6. The molecule has 0 aliphatic carbocycles. The smallest absolute Gasteiger partial charge is 0.180 e. The maximum absolute atomic E-state index is 4.62. The van der Waals surface area contributed by atoms with Crippen LogP contribution in [0.1, 0.15) is 25.5 Å². The summed E-state index contributed by atoms with van der Waals surface area (Å²) in [5.41, 5.74) is 2.67. The fourth-order valence-corrected chi connectivity index (χ4v) is 3.09. The number of aryl methyl sites for hydroxylation is 1. The van der Waals surface area contributed by atoms with Gasteiger partial charge < -0.3 is 10.2 Å². The second-order valence-corrected chi connectivity index (χ2v) is 6.36. The van der Waals surface area contributed by atoms with Crippen LogP contribution < -0.4 is 10.2 Å². The summed E-state index contributed by atoms with van der Waals surface area (Å²) in [5.74, 6) is 2.43. The van der Waals surface area contributed by atoms with Gasteiger partial charge in [-0.25, -0.2) is 15.0 Å². The quantitative estimate of drug-likeness (QED) is 0.757. The topological polar surface area (TPSA) is 66.8 Å². The van der Waals surface area contributed by atoms with Crippen LogP contribution in [0.2, 0.25) is 0 Å². The second-order valence-electron chi connectivity index (χ2n) is 6.36. The third-order valence-electron chi connectivity index (χ3n) is 4.49. The van der Waals surface area contributed by atoms with Crippen LogP contribution >= 0.6 is 0 Å². The van der Waals surface area contributed by atoms with Crippen LogP contribution in [-0.4, -0.2) is 33.0 Å². The molecular formula is C20H22N6. The lowest BCUT2D eigenvalue weighted by atomic mass is 10.2. The van der Waals surface area contributed by atoms with Crippen molar-refractivity contribution < 1.29 is 0 Å². The Morgan fingerprint density at radius 2 is 1.92 bits per heavy atom. The first-order valence-electron chi connectivity index (χ1n) is 9.09. The SMILES string of the molecule is CCc1cc(Nc2ccc(N3CCCC3)nc2)nc(-c2ccccn2)n1. The van der Waals surface area contributed by atoms with Crippen LogP contribution in [0.25, 0.3) is 11.5 Å². The number of rotatable bonds is 5. The van der Waals surface area contributed by atoms with Gasteiger partial charge in [0.05, 0.1) is 11.9 Å². The molecule has 0 radical (unpaired) electrons. The molecule has 3 aromatic rings. The van der Waals surface area contributed by atoms with Crippen LogP contribution in [0.4, 0.5) is 17.3 Å². The molecule has 0 amide bonds. The number of pyridine rings is 2. The Bertz CT molecular complexity index is 857. The standard InChI is InChI=1S/C20H22N6/c1-2-15-13-18(25-20(24-15)17-7-3-4-10-21-17)23-16-8-9-19(22-14-16)26-11-5-6-12-26/h3-4,7-10,13-14H,2,5-6,11-12H2,1H3,(H,23,24,25). The molecular weight excluding hydrogens is 324 g/mol. The molecule has 0 bridgehead atoms. The van der Waals surface area contributed by atoms with E-state index in [4.69, 9.17) is 0 Å². The van der Waals surface area contributed by atoms with Crippen LogP contribution in [0.3, 0.4) is 0 Å². The molecule has 3 aromatic heterocycles. The summed E-state index contributed by atoms with van der Waals surface area (Å²) in [4.78, 5) is 20.5. The highest BCUT2D eigenvalue weighted by Gasteiger charge is 2.13. The van der Waals surface area contributed by atoms with Gasteiger partial charge in [-0.15, -0.1) is 0 Å². The molecule has 1 N–H and O–H groups in total. The highest BCUT2D eigenvalue weighted by atomic mass is 15.2. The van der Waals surface area contributed by atoms with Crippen LogP contribution in [0.5, 0.6) is 0 Å². The van der Waals surface area contributed by atoms with E-state index in [1.807, 2.05) is 30.5 Å². The van der Waals surface area contributed by atoms with Gasteiger partial charge in [-0.2, -0.15) is 0 Å². The Labute approximate surface area is 153 Å². The molecule has 1 saturated heterocycles. The monoisotopic (exact) mass is 346 g/mol. The Balaban J connectivity index is 1.57. The zero-order chi connectivity index (χ0) is 17.8. The number of hydrogen-bond donors (Lipinski definition) is 1. The fraction of sp³-hybridized carbons (Fsp3) is 0.300. The summed E-state index contributed by atoms with van der Waals surface area (Å²) in [6.07, 6.45) is 6.95. The lowest BCUT2D eigenvalue weighted by Gasteiger charge is -2.16. The minimum Gasteiger partial charge on any atom is -0.357 e. The third-order valence-corrected chi connectivity index (χ3v) is 4.49. The molecule has 132 valence electrons. The van der Waals surface area contributed by atoms with Gasteiger partial charge in [-0.05, 0) is 43.5 Å². The van der Waals surface area contributed by atoms with Crippen molar-refractivity contribution in [2.45, 2.75) is 26.2 Å². The van der Waals surface area contributed by atoms with Crippen molar-refractivity contribution in [3.63, 3.8) is 0 Å². The molecule has 1 aliphatic heterocycles. The van der Waals surface area contributed by atoms with E-state index >= 15 is 0 Å². The fourth-order valence-electron chi connectivity index (χ4n) is 3.09. The third kappa shape index (κ3) is 3.64. The summed E-state index contributed by atoms with van der Waals surface area (Å²) >= 11 is 0. The van der Waals surface area contributed by atoms with E-state index in [-0.39, 0.29) is 0 Å². The zero-order valence-electron chi connectivity index (χ0n) is 14.9. The van der Waals surface area contributed by atoms with Gasteiger partial charge in [0.1, 0.15) is 17.3 Å². The van der Waals surface area contributed by atoms with Gasteiger partial charge in [-0.1, -0.05) is 13.0 Å². The van der Waals surface area contributed by atoms with Crippen molar-refractivity contribution in [3.8, 4) is 11.5 Å². The molecule has 4 rings (SSSR count). The molecule has 0 atom stereocenters. The van der Waals surface area contributed by atoms with Crippen LogP contribution in [0, 0.1) is 0 Å². The van der Waals surface area contributed by atoms with E-state index in [1.165, 1.54) is 12.8 Å². The molecule has 1 fully saturated rings. The summed E-state index contributed by atoms with van der Waals surface area (Å²) < 4.78 is 0. The Morgan fingerprint density at radius 3 is 2.62 bits per heavy atom. The van der Waals surface area contributed by atoms with Crippen molar-refractivity contribution in [3.05, 3.63) is 54.5 Å². The maximum Gasteiger partial charge on any atom is 0.180 e. The van der Waals surface area contributed by atoms with Crippen molar-refractivity contribution in [2.24, 2.45) is 0 Å². The van der Waals surface area contributed by atoms with E-state index in [2.05, 4.69) is 49.2 Å². The molecule has 1 aliphatic rings. The minimum atomic E-state index is 0.633. The summed E-state index contributed by atoms with van der Waals surface area (Å²) in [6, 6.07) is 11.8. The van der Waals surface area contributed by atoms with Gasteiger partial charge in [0, 0.05) is 31.0 Å². The minimum absolute atomic E-state index is 0.633. The van der Waals surface area contributed by atoms with Gasteiger partial charge >= 0.3 is 0 Å². The van der Waals surface area contributed by atoms with Crippen LogP contribution in [0.15, 0.2) is 48.8 Å². The zero-order valence-corrected chi connectivity index (χ0v) is 14.9. The van der Waals surface area contributed by atoms with E-state index < -0.39 is 0 Å². The lowest BCUT2D eigenvalue weighted by Crippen LogP contribution is -2.18. The van der Waals surface area contributed by atoms with Crippen molar-refractivity contribution >= 4 is 17.3 Å². The first-order chi connectivity index (χ1) is 12.8. The second kappa shape index (κ2) is 7.47. The first kappa shape index (κ1) is 16.4. The Hall–Kier alpha value is -3.02. The molecule has 0 aromatic carbocycles. The lowest BCUT2D eigenvalue weighted by molar-refractivity contribution is 0.938. The van der Waals surface area contributed by atoms with E-state index in [9.17, 15) is 0 Å². The molecule has 6 nitrogen and oxygen atoms in total. The van der Waals surface area contributed by atoms with Crippen molar-refractivity contribution in [1.29, 1.82) is 0 Å². The molecule has 0 spiro atoms. The Morgan fingerprint density at radius 1 is 1.04 bits per heavy atom. The van der Waals surface area contributed by atoms with Gasteiger partial charge in [0.15, 0.2) is 5.82 Å². The summed E-state index contributed by atoms with van der Waals surface area (Å²) in [6.45, 7) is 4.28. The van der Waals surface area contributed by atoms with Crippen molar-refractivity contribution in [2.75, 3.05) is 23.3 Å². The number of aromatic nitrogens is 4. The van der Waals surface area contributed by atoms with Crippen LogP contribution in [-0.2, 0) is 6.42 Å². The molecule has 6 heteroatoms. The average molecular weight is 346 g/mol. The number of anilines is 3. The highest BCUT2D eigenvalue weighted by molar-refractivity contribution is 5.60. The summed E-state index contributed by atoms with van der Waals surface area (Å²) in [7, 11) is 0. The average Bonchev–Trinajstić information content (AvgIpc) is 3.24. The largest absolute Gasteiger partial charge is 0.357 e. The number of nitrogens with zero attached hydrogens (tertiary/aromatic N) is 5. The molecule has 0 unspecified atom stereocenters. The normalized spacial score (nSPS) is 13.8. The Kier molecular flexibility index (Phi) is 4.73. The molecule has 0 saturated carbocycles. The predicted molar refractivity (Wildman–Crippen MR) is 104 cm³/mol. The first-order valence-corrected chi connectivity index (χ1v) is 9.09. The molecule has 4 heterocycles. The molecule has 26 heavy (non-hydrogen) atoms. The summed E-state index contributed by atoms with van der Waals surface area (Å²) in [5, 5.41) is 3.35. The van der Waals surface area contributed by atoms with Gasteiger partial charge in [0.2, 0.25) is 0 Å². The van der Waals surface area contributed by atoms with E-state index in [0.29, 0.717) is 5.82 Å². The van der Waals surface area contributed by atoms with Gasteiger partial charge in [-0.3, -0.25) is 4.98 Å². The predicted octanol–water partition coefficient (Wildman–Crippen LogP) is 3.84. The van der Waals surface area contributed by atoms with E-state index in [0.717, 1.165) is 48.2 Å². The van der Waals surface area contributed by atoms with E-state index in [1.54, 1.807) is 6.20 Å².